The quantitative estimate of drug-likeness (QED) is 0.820. The van der Waals surface area contributed by atoms with Crippen LogP contribution in [-0.2, 0) is 4.79 Å². The van der Waals surface area contributed by atoms with Gasteiger partial charge >= 0.3 is 0 Å². The minimum Gasteiger partial charge on any atom is -0.383 e. The van der Waals surface area contributed by atoms with Crippen molar-refractivity contribution in [1.82, 2.24) is 4.90 Å². The molecule has 0 radical (unpaired) electrons. The number of likely N-dealkylation sites (tertiary alicyclic amines) is 1. The van der Waals surface area contributed by atoms with Crippen LogP contribution in [0.15, 0.2) is 0 Å². The van der Waals surface area contributed by atoms with Gasteiger partial charge in [-0.3, -0.25) is 4.79 Å². The summed E-state index contributed by atoms with van der Waals surface area (Å²) in [5, 5.41) is 9.89. The molecule has 0 aromatic heterocycles. The van der Waals surface area contributed by atoms with Crippen molar-refractivity contribution in [3.8, 4) is 0 Å². The first kappa shape index (κ1) is 12.9. The van der Waals surface area contributed by atoms with Gasteiger partial charge in [0.1, 0.15) is 6.10 Å². The summed E-state index contributed by atoms with van der Waals surface area (Å²) in [5.74, 6) is 0.333. The van der Waals surface area contributed by atoms with E-state index in [0.29, 0.717) is 17.8 Å². The standard InChI is InChI=1S/C14H25NO2/c1-11(2)9-12(16)13(17)15-8-7-14(10-15)5-3-4-6-14/h11-12,16H,3-10H2,1-2H3. The van der Waals surface area contributed by atoms with Crippen LogP contribution in [0.25, 0.3) is 0 Å². The lowest BCUT2D eigenvalue weighted by molar-refractivity contribution is -0.140. The molecule has 0 bridgehead atoms. The summed E-state index contributed by atoms with van der Waals surface area (Å²) in [6.45, 7) is 5.83. The summed E-state index contributed by atoms with van der Waals surface area (Å²) in [6, 6.07) is 0. The van der Waals surface area contributed by atoms with Gasteiger partial charge in [-0.25, -0.2) is 0 Å². The minimum atomic E-state index is -0.786. The zero-order valence-corrected chi connectivity index (χ0v) is 11.1. The molecule has 0 aromatic carbocycles. The first-order valence-electron chi connectivity index (χ1n) is 6.99. The summed E-state index contributed by atoms with van der Waals surface area (Å²) < 4.78 is 0. The van der Waals surface area contributed by atoms with E-state index in [9.17, 15) is 9.90 Å². The molecule has 0 aromatic rings. The Balaban J connectivity index is 1.89. The van der Waals surface area contributed by atoms with Crippen molar-refractivity contribution >= 4 is 5.91 Å². The summed E-state index contributed by atoms with van der Waals surface area (Å²) >= 11 is 0. The zero-order chi connectivity index (χ0) is 12.5. The summed E-state index contributed by atoms with van der Waals surface area (Å²) in [6.07, 6.45) is 6.13. The first-order valence-corrected chi connectivity index (χ1v) is 6.99. The van der Waals surface area contributed by atoms with Crippen molar-refractivity contribution in [1.29, 1.82) is 0 Å². The molecule has 2 rings (SSSR count). The molecule has 1 amide bonds. The van der Waals surface area contributed by atoms with E-state index in [1.54, 1.807) is 0 Å². The van der Waals surface area contributed by atoms with Crippen molar-refractivity contribution < 1.29 is 9.90 Å². The third-order valence-corrected chi connectivity index (χ3v) is 4.39. The second-order valence-corrected chi connectivity index (χ2v) is 6.36. The normalized spacial score (nSPS) is 24.8. The van der Waals surface area contributed by atoms with E-state index in [1.165, 1.54) is 25.7 Å². The van der Waals surface area contributed by atoms with Crippen LogP contribution >= 0.6 is 0 Å². The number of hydrogen-bond acceptors (Lipinski definition) is 2. The number of aliphatic hydroxyl groups excluding tert-OH is 1. The second kappa shape index (κ2) is 4.97. The van der Waals surface area contributed by atoms with Crippen molar-refractivity contribution in [3.63, 3.8) is 0 Å². The summed E-state index contributed by atoms with van der Waals surface area (Å²) in [4.78, 5) is 14.0. The van der Waals surface area contributed by atoms with Crippen LogP contribution in [0.4, 0.5) is 0 Å². The fourth-order valence-corrected chi connectivity index (χ4v) is 3.41. The van der Waals surface area contributed by atoms with Crippen molar-refractivity contribution in [2.45, 2.75) is 58.5 Å². The molecule has 1 aliphatic heterocycles. The molecular weight excluding hydrogens is 214 g/mol. The van der Waals surface area contributed by atoms with Crippen LogP contribution in [-0.4, -0.2) is 35.1 Å². The minimum absolute atomic E-state index is 0.0394. The molecule has 2 fully saturated rings. The van der Waals surface area contributed by atoms with Crippen molar-refractivity contribution in [2.24, 2.45) is 11.3 Å². The molecule has 98 valence electrons. The largest absolute Gasteiger partial charge is 0.383 e. The highest BCUT2D eigenvalue weighted by Gasteiger charge is 2.42. The number of nitrogens with zero attached hydrogens (tertiary/aromatic N) is 1. The maximum absolute atomic E-state index is 12.1. The number of aliphatic hydroxyl groups is 1. The molecule has 1 N–H and O–H groups in total. The van der Waals surface area contributed by atoms with Gasteiger partial charge in [-0.05, 0) is 37.0 Å². The number of amides is 1. The number of hydrogen-bond donors (Lipinski definition) is 1. The van der Waals surface area contributed by atoms with Gasteiger partial charge in [-0.1, -0.05) is 26.7 Å². The van der Waals surface area contributed by atoms with E-state index in [1.807, 2.05) is 18.7 Å². The molecule has 2 aliphatic rings. The number of rotatable bonds is 3. The molecular formula is C14H25NO2. The van der Waals surface area contributed by atoms with Gasteiger partial charge < -0.3 is 10.0 Å². The molecule has 1 unspecified atom stereocenters. The molecule has 1 spiro atoms. The smallest absolute Gasteiger partial charge is 0.251 e. The lowest BCUT2D eigenvalue weighted by atomic mass is 9.86. The predicted molar refractivity (Wildman–Crippen MR) is 67.6 cm³/mol. The third-order valence-electron chi connectivity index (χ3n) is 4.39. The van der Waals surface area contributed by atoms with Crippen LogP contribution in [0.5, 0.6) is 0 Å². The molecule has 1 atom stereocenters. The van der Waals surface area contributed by atoms with Crippen LogP contribution in [0.3, 0.4) is 0 Å². The van der Waals surface area contributed by atoms with E-state index in [4.69, 9.17) is 0 Å². The van der Waals surface area contributed by atoms with E-state index in [0.717, 1.165) is 19.5 Å². The topological polar surface area (TPSA) is 40.5 Å². The average molecular weight is 239 g/mol. The van der Waals surface area contributed by atoms with Gasteiger partial charge in [0.15, 0.2) is 0 Å². The maximum Gasteiger partial charge on any atom is 0.251 e. The number of carbonyl (C=O) groups excluding carboxylic acids is 1. The Morgan fingerprint density at radius 2 is 1.94 bits per heavy atom. The van der Waals surface area contributed by atoms with Crippen LogP contribution < -0.4 is 0 Å². The molecule has 1 aliphatic carbocycles. The molecule has 1 saturated carbocycles. The lowest BCUT2D eigenvalue weighted by Gasteiger charge is -2.25. The highest BCUT2D eigenvalue weighted by molar-refractivity contribution is 5.81. The molecule has 1 heterocycles. The Morgan fingerprint density at radius 1 is 1.29 bits per heavy atom. The SMILES string of the molecule is CC(C)CC(O)C(=O)N1CCC2(CCCC2)C1. The Morgan fingerprint density at radius 3 is 2.53 bits per heavy atom. The molecule has 3 nitrogen and oxygen atoms in total. The van der Waals surface area contributed by atoms with E-state index in [-0.39, 0.29) is 5.91 Å². The highest BCUT2D eigenvalue weighted by Crippen LogP contribution is 2.45. The lowest BCUT2D eigenvalue weighted by Crippen LogP contribution is -2.39. The maximum atomic E-state index is 12.1. The predicted octanol–water partition coefficient (Wildman–Crippen LogP) is 2.19. The fourth-order valence-electron chi connectivity index (χ4n) is 3.41. The van der Waals surface area contributed by atoms with Crippen molar-refractivity contribution in [2.75, 3.05) is 13.1 Å². The van der Waals surface area contributed by atoms with E-state index >= 15 is 0 Å². The van der Waals surface area contributed by atoms with Gasteiger partial charge in [0.05, 0.1) is 0 Å². The van der Waals surface area contributed by atoms with E-state index in [2.05, 4.69) is 0 Å². The average Bonchev–Trinajstić information content (AvgIpc) is 2.88. The third kappa shape index (κ3) is 2.82. The monoisotopic (exact) mass is 239 g/mol. The molecule has 17 heavy (non-hydrogen) atoms. The van der Waals surface area contributed by atoms with E-state index < -0.39 is 6.10 Å². The summed E-state index contributed by atoms with van der Waals surface area (Å²) in [5.41, 5.74) is 0.410. The van der Waals surface area contributed by atoms with Crippen molar-refractivity contribution in [3.05, 3.63) is 0 Å². The molecule has 3 heteroatoms. The Bertz CT molecular complexity index is 282. The Hall–Kier alpha value is -0.570. The Kier molecular flexibility index (Phi) is 3.76. The Labute approximate surface area is 104 Å². The fraction of sp³-hybridized carbons (Fsp3) is 0.929. The zero-order valence-electron chi connectivity index (χ0n) is 11.1. The van der Waals surface area contributed by atoms with Crippen LogP contribution in [0, 0.1) is 11.3 Å². The second-order valence-electron chi connectivity index (χ2n) is 6.36. The number of carbonyl (C=O) groups is 1. The van der Waals surface area contributed by atoms with Gasteiger partial charge in [0.25, 0.3) is 5.91 Å². The first-order chi connectivity index (χ1) is 8.02. The summed E-state index contributed by atoms with van der Waals surface area (Å²) in [7, 11) is 0. The molecule has 1 saturated heterocycles. The van der Waals surface area contributed by atoms with Gasteiger partial charge in [-0.15, -0.1) is 0 Å². The van der Waals surface area contributed by atoms with Crippen LogP contribution in [0.2, 0.25) is 0 Å². The highest BCUT2D eigenvalue weighted by atomic mass is 16.3. The van der Waals surface area contributed by atoms with Crippen LogP contribution in [0.1, 0.15) is 52.4 Å². The van der Waals surface area contributed by atoms with Gasteiger partial charge in [-0.2, -0.15) is 0 Å². The van der Waals surface area contributed by atoms with Gasteiger partial charge in [0, 0.05) is 13.1 Å². The van der Waals surface area contributed by atoms with Gasteiger partial charge in [0.2, 0.25) is 0 Å².